The van der Waals surface area contributed by atoms with Crippen LogP contribution in [0.3, 0.4) is 0 Å². The summed E-state index contributed by atoms with van der Waals surface area (Å²) >= 11 is 0. The normalized spacial score (nSPS) is 34.9. The fraction of sp³-hybridized carbons (Fsp3) is 0.565. The Labute approximate surface area is 190 Å². The number of nitrogens with one attached hydrogen (secondary N) is 1. The summed E-state index contributed by atoms with van der Waals surface area (Å²) in [6.07, 6.45) is -0.352. The number of methoxy groups -OCH3 is 2. The molecule has 1 saturated carbocycles. The third kappa shape index (κ3) is 2.47. The van der Waals surface area contributed by atoms with Crippen molar-refractivity contribution in [2.75, 3.05) is 27.4 Å². The summed E-state index contributed by atoms with van der Waals surface area (Å²) in [6, 6.07) is 11.2. The molecule has 0 amide bonds. The van der Waals surface area contributed by atoms with Crippen molar-refractivity contribution in [2.45, 2.75) is 36.9 Å². The van der Waals surface area contributed by atoms with Gasteiger partial charge in [0.15, 0.2) is 11.2 Å². The number of rotatable bonds is 3. The maximum atomic E-state index is 10.5. The number of hydrogen-bond donors (Lipinski definition) is 1. The van der Waals surface area contributed by atoms with Crippen molar-refractivity contribution in [2.24, 2.45) is 16.7 Å². The van der Waals surface area contributed by atoms with Crippen LogP contribution in [-0.4, -0.2) is 44.9 Å². The van der Waals surface area contributed by atoms with Gasteiger partial charge in [0.2, 0.25) is 17.1 Å². The van der Waals surface area contributed by atoms with Crippen LogP contribution in [0.4, 0.5) is 0 Å². The van der Waals surface area contributed by atoms with Crippen LogP contribution < -0.4 is 9.47 Å². The summed E-state index contributed by atoms with van der Waals surface area (Å²) in [5, 5.41) is 40.1. The molecular weight excluding hydrogens is 428 g/mol. The highest BCUT2D eigenvalue weighted by atomic mass is 16.7. The SMILES string of the molecule is COc1ccc(C2OC34CCC5(CC3C(C#N)(C(=N)O4)C2(C#N)C#N)OCCO5)c(OC)c1. The lowest BCUT2D eigenvalue weighted by Gasteiger charge is -2.54. The summed E-state index contributed by atoms with van der Waals surface area (Å²) in [5.41, 5.74) is -3.60. The smallest absolute Gasteiger partial charge is 0.218 e. The first-order valence-corrected chi connectivity index (χ1v) is 10.6. The predicted molar refractivity (Wildman–Crippen MR) is 109 cm³/mol. The first-order valence-electron chi connectivity index (χ1n) is 10.6. The number of nitrogens with zero attached hydrogens (tertiary/aromatic N) is 3. The van der Waals surface area contributed by atoms with E-state index in [2.05, 4.69) is 18.2 Å². The Bertz CT molecular complexity index is 1130. The second-order valence-corrected chi connectivity index (χ2v) is 8.66. The van der Waals surface area contributed by atoms with E-state index in [0.29, 0.717) is 36.7 Å². The van der Waals surface area contributed by atoms with Crippen LogP contribution in [0.2, 0.25) is 0 Å². The Kier molecular flexibility index (Phi) is 4.60. The molecule has 33 heavy (non-hydrogen) atoms. The average molecular weight is 450 g/mol. The van der Waals surface area contributed by atoms with Gasteiger partial charge in [-0.3, -0.25) is 5.41 Å². The number of benzene rings is 1. The first-order chi connectivity index (χ1) is 15.9. The summed E-state index contributed by atoms with van der Waals surface area (Å²) in [7, 11) is 2.96. The largest absolute Gasteiger partial charge is 0.497 e. The van der Waals surface area contributed by atoms with E-state index in [1.807, 2.05) is 0 Å². The van der Waals surface area contributed by atoms with Gasteiger partial charge in [-0.2, -0.15) is 15.8 Å². The van der Waals surface area contributed by atoms with Gasteiger partial charge >= 0.3 is 0 Å². The highest BCUT2D eigenvalue weighted by molar-refractivity contribution is 5.89. The van der Waals surface area contributed by atoms with Gasteiger partial charge in [0.25, 0.3) is 0 Å². The molecule has 1 aromatic rings. The minimum Gasteiger partial charge on any atom is -0.497 e. The van der Waals surface area contributed by atoms with Gasteiger partial charge in [-0.15, -0.1) is 0 Å². The molecule has 5 rings (SSSR count). The molecule has 4 atom stereocenters. The number of ether oxygens (including phenoxy) is 6. The minimum absolute atomic E-state index is 0.167. The maximum Gasteiger partial charge on any atom is 0.218 e. The van der Waals surface area contributed by atoms with E-state index in [0.717, 1.165) is 0 Å². The molecular formula is C23H22N4O6. The summed E-state index contributed by atoms with van der Waals surface area (Å²) in [6.45, 7) is 0.817. The van der Waals surface area contributed by atoms with Gasteiger partial charge in [-0.05, 0) is 12.1 Å². The summed E-state index contributed by atoms with van der Waals surface area (Å²) in [5.74, 6) is -2.73. The Morgan fingerprint density at radius 1 is 1.03 bits per heavy atom. The van der Waals surface area contributed by atoms with Crippen LogP contribution in [0.5, 0.6) is 11.5 Å². The van der Waals surface area contributed by atoms with Crippen molar-refractivity contribution in [1.82, 2.24) is 0 Å². The van der Waals surface area contributed by atoms with E-state index in [4.69, 9.17) is 33.8 Å². The maximum absolute atomic E-state index is 10.5. The molecule has 170 valence electrons. The van der Waals surface area contributed by atoms with Gasteiger partial charge in [0, 0.05) is 30.9 Å². The molecule has 10 heteroatoms. The van der Waals surface area contributed by atoms with Crippen LogP contribution in [0.15, 0.2) is 18.2 Å². The third-order valence-electron chi connectivity index (χ3n) is 7.45. The number of nitriles is 3. The number of hydrogen-bond acceptors (Lipinski definition) is 10. The Morgan fingerprint density at radius 3 is 2.36 bits per heavy atom. The topological polar surface area (TPSA) is 151 Å². The van der Waals surface area contributed by atoms with E-state index >= 15 is 0 Å². The lowest BCUT2D eigenvalue weighted by atomic mass is 9.51. The lowest BCUT2D eigenvalue weighted by molar-refractivity contribution is -0.330. The monoisotopic (exact) mass is 450 g/mol. The van der Waals surface area contributed by atoms with E-state index in [1.165, 1.54) is 14.2 Å². The molecule has 1 aromatic carbocycles. The van der Waals surface area contributed by atoms with Gasteiger partial charge in [0.05, 0.1) is 51.6 Å². The summed E-state index contributed by atoms with van der Waals surface area (Å²) < 4.78 is 35.0. The third-order valence-corrected chi connectivity index (χ3v) is 7.45. The molecule has 10 nitrogen and oxygen atoms in total. The van der Waals surface area contributed by atoms with Crippen LogP contribution >= 0.6 is 0 Å². The quantitative estimate of drug-likeness (QED) is 0.732. The molecule has 4 aliphatic rings. The molecule has 1 N–H and O–H groups in total. The molecule has 4 fully saturated rings. The van der Waals surface area contributed by atoms with Crippen LogP contribution in [0.25, 0.3) is 0 Å². The molecule has 1 spiro atoms. The van der Waals surface area contributed by atoms with Crippen molar-refractivity contribution in [1.29, 1.82) is 21.2 Å². The van der Waals surface area contributed by atoms with Gasteiger partial charge in [0.1, 0.15) is 17.6 Å². The predicted octanol–water partition coefficient (Wildman–Crippen LogP) is 2.57. The zero-order chi connectivity index (χ0) is 23.5. The zero-order valence-electron chi connectivity index (χ0n) is 18.2. The first kappa shape index (κ1) is 21.5. The van der Waals surface area contributed by atoms with Crippen molar-refractivity contribution in [3.8, 4) is 29.7 Å². The van der Waals surface area contributed by atoms with Gasteiger partial charge in [-0.25, -0.2) is 0 Å². The van der Waals surface area contributed by atoms with Crippen LogP contribution in [-0.2, 0) is 18.9 Å². The van der Waals surface area contributed by atoms with Crippen molar-refractivity contribution in [3.63, 3.8) is 0 Å². The van der Waals surface area contributed by atoms with E-state index in [1.54, 1.807) is 18.2 Å². The highest BCUT2D eigenvalue weighted by Gasteiger charge is 2.82. The lowest BCUT2D eigenvalue weighted by Crippen LogP contribution is -2.63. The van der Waals surface area contributed by atoms with Crippen molar-refractivity contribution in [3.05, 3.63) is 23.8 Å². The minimum atomic E-state index is -2.09. The zero-order valence-corrected chi connectivity index (χ0v) is 18.2. The van der Waals surface area contributed by atoms with E-state index in [9.17, 15) is 15.8 Å². The standard InChI is InChI=1S/C23H22N4O6/c1-28-14-3-4-15(16(9-14)29-2)18-20(11-24,12-25)22(13-26)17-10-21(30-7-8-31-21)5-6-23(17,32-18)33-19(22)27/h3-4,9,17-18,27H,5-8,10H2,1-2H3. The molecule has 3 aliphatic heterocycles. The molecule has 0 radical (unpaired) electrons. The molecule has 4 unspecified atom stereocenters. The average Bonchev–Trinajstić information content (AvgIpc) is 3.37. The van der Waals surface area contributed by atoms with Gasteiger partial charge < -0.3 is 28.4 Å². The van der Waals surface area contributed by atoms with Crippen molar-refractivity contribution >= 4 is 5.90 Å². The molecule has 2 bridgehead atoms. The molecule has 0 aromatic heterocycles. The van der Waals surface area contributed by atoms with E-state index < -0.39 is 40.3 Å². The van der Waals surface area contributed by atoms with Gasteiger partial charge in [-0.1, -0.05) is 0 Å². The van der Waals surface area contributed by atoms with Crippen molar-refractivity contribution < 1.29 is 28.4 Å². The molecule has 3 heterocycles. The van der Waals surface area contributed by atoms with Crippen LogP contribution in [0.1, 0.15) is 30.9 Å². The fourth-order valence-corrected chi connectivity index (χ4v) is 5.86. The Hall–Kier alpha value is -3.36. The Balaban J connectivity index is 1.72. The van der Waals surface area contributed by atoms with E-state index in [-0.39, 0.29) is 12.8 Å². The Morgan fingerprint density at radius 2 is 1.76 bits per heavy atom. The second kappa shape index (κ2) is 7.07. The fourth-order valence-electron chi connectivity index (χ4n) is 5.86. The molecule has 3 saturated heterocycles. The molecule has 1 aliphatic carbocycles. The van der Waals surface area contributed by atoms with Crippen LogP contribution in [0, 0.1) is 56.2 Å². The summed E-state index contributed by atoms with van der Waals surface area (Å²) in [4.78, 5) is 0. The second-order valence-electron chi connectivity index (χ2n) is 8.66. The highest BCUT2D eigenvalue weighted by Crippen LogP contribution is 2.71.